The summed E-state index contributed by atoms with van der Waals surface area (Å²) in [6, 6.07) is 19.5. The van der Waals surface area contributed by atoms with E-state index in [0.717, 1.165) is 17.3 Å². The van der Waals surface area contributed by atoms with Crippen molar-refractivity contribution < 1.29 is 22.7 Å². The molecular formula is C21H16F3N5O2S. The molecule has 2 aromatic carbocycles. The van der Waals surface area contributed by atoms with E-state index in [1.807, 2.05) is 30.3 Å². The fraction of sp³-hybridized carbons (Fsp3) is 0.143. The van der Waals surface area contributed by atoms with Gasteiger partial charge in [-0.1, -0.05) is 42.1 Å². The van der Waals surface area contributed by atoms with E-state index in [1.165, 1.54) is 12.1 Å². The molecule has 0 bridgehead atoms. The number of amides is 1. The first-order valence-corrected chi connectivity index (χ1v) is 10.4. The van der Waals surface area contributed by atoms with Gasteiger partial charge in [-0.15, -0.1) is 10.2 Å². The van der Waals surface area contributed by atoms with E-state index in [0.29, 0.717) is 22.6 Å². The van der Waals surface area contributed by atoms with Gasteiger partial charge in [-0.05, 0) is 42.0 Å². The lowest BCUT2D eigenvalue weighted by atomic mass is 10.2. The zero-order valence-corrected chi connectivity index (χ0v) is 17.2. The first-order valence-electron chi connectivity index (χ1n) is 9.37. The summed E-state index contributed by atoms with van der Waals surface area (Å²) in [6.07, 6.45) is -4.68. The number of nitrogens with one attached hydrogen (secondary N) is 1. The number of carbonyl (C=O) groups is 1. The van der Waals surface area contributed by atoms with Gasteiger partial charge in [-0.25, -0.2) is 0 Å². The highest BCUT2D eigenvalue weighted by Gasteiger charge is 2.37. The first-order chi connectivity index (χ1) is 15.4. The van der Waals surface area contributed by atoms with E-state index in [-0.39, 0.29) is 22.3 Å². The number of halogens is 3. The summed E-state index contributed by atoms with van der Waals surface area (Å²) in [7, 11) is 0. The molecule has 0 aliphatic heterocycles. The van der Waals surface area contributed by atoms with Crippen molar-refractivity contribution in [2.45, 2.75) is 17.8 Å². The number of anilines is 1. The van der Waals surface area contributed by atoms with Crippen LogP contribution < -0.4 is 10.1 Å². The summed E-state index contributed by atoms with van der Waals surface area (Å²) in [5.41, 5.74) is 1.59. The summed E-state index contributed by atoms with van der Waals surface area (Å²) in [5.74, 6) is -0.911. The van der Waals surface area contributed by atoms with Gasteiger partial charge in [0.05, 0.1) is 5.75 Å². The molecule has 0 saturated carbocycles. The molecule has 0 saturated heterocycles. The van der Waals surface area contributed by atoms with Gasteiger partial charge in [-0.3, -0.25) is 4.79 Å². The van der Waals surface area contributed by atoms with Crippen LogP contribution in [0.3, 0.4) is 0 Å². The molecule has 0 spiro atoms. The van der Waals surface area contributed by atoms with Crippen molar-refractivity contribution in [3.63, 3.8) is 0 Å². The molecule has 32 heavy (non-hydrogen) atoms. The SMILES string of the molecule is O=C(CSc1ccc2nnc(C(F)(F)F)n2n1)Nc1ccc(OCc2ccccc2)cc1. The number of alkyl halides is 3. The van der Waals surface area contributed by atoms with Gasteiger partial charge in [0, 0.05) is 5.69 Å². The van der Waals surface area contributed by atoms with E-state index < -0.39 is 12.0 Å². The summed E-state index contributed by atoms with van der Waals surface area (Å²) in [5, 5.41) is 13.4. The van der Waals surface area contributed by atoms with Gasteiger partial charge < -0.3 is 10.1 Å². The highest BCUT2D eigenvalue weighted by Crippen LogP contribution is 2.28. The maximum Gasteiger partial charge on any atom is 0.453 e. The molecule has 11 heteroatoms. The summed E-state index contributed by atoms with van der Waals surface area (Å²) in [4.78, 5) is 12.2. The van der Waals surface area contributed by atoms with E-state index >= 15 is 0 Å². The Morgan fingerprint density at radius 3 is 2.47 bits per heavy atom. The standard InChI is InChI=1S/C21H16F3N5O2S/c22-21(23,24)20-27-26-17-10-11-19(28-29(17)20)32-13-18(30)25-15-6-8-16(9-7-15)31-12-14-4-2-1-3-5-14/h1-11H,12-13H2,(H,25,30). The molecular weight excluding hydrogens is 443 g/mol. The molecule has 2 aromatic heterocycles. The number of nitrogens with zero attached hydrogens (tertiary/aromatic N) is 4. The molecule has 4 aromatic rings. The van der Waals surface area contributed by atoms with Gasteiger partial charge in [-0.2, -0.15) is 22.8 Å². The number of rotatable bonds is 7. The Morgan fingerprint density at radius 1 is 1.00 bits per heavy atom. The zero-order valence-electron chi connectivity index (χ0n) is 16.4. The molecule has 4 rings (SSSR count). The Labute approximate surface area is 184 Å². The highest BCUT2D eigenvalue weighted by molar-refractivity contribution is 7.99. The Kier molecular flexibility index (Phi) is 6.26. The highest BCUT2D eigenvalue weighted by atomic mass is 32.2. The van der Waals surface area contributed by atoms with Crippen molar-refractivity contribution in [2.75, 3.05) is 11.1 Å². The quantitative estimate of drug-likeness (QED) is 0.411. The minimum atomic E-state index is -4.68. The fourth-order valence-corrected chi connectivity index (χ4v) is 3.39. The third kappa shape index (κ3) is 5.35. The van der Waals surface area contributed by atoms with E-state index in [4.69, 9.17) is 4.74 Å². The van der Waals surface area contributed by atoms with Crippen LogP contribution in [0.4, 0.5) is 18.9 Å². The van der Waals surface area contributed by atoms with Crippen molar-refractivity contribution in [3.05, 3.63) is 78.1 Å². The average Bonchev–Trinajstić information content (AvgIpc) is 3.22. The second-order valence-electron chi connectivity index (χ2n) is 6.60. The molecule has 0 fully saturated rings. The number of aromatic nitrogens is 4. The Hall–Kier alpha value is -3.60. The van der Waals surface area contributed by atoms with Crippen LogP contribution >= 0.6 is 11.8 Å². The lowest BCUT2D eigenvalue weighted by Gasteiger charge is -2.09. The van der Waals surface area contributed by atoms with E-state index in [1.54, 1.807) is 24.3 Å². The van der Waals surface area contributed by atoms with Gasteiger partial charge in [0.1, 0.15) is 17.4 Å². The van der Waals surface area contributed by atoms with Gasteiger partial charge in [0.25, 0.3) is 5.82 Å². The Balaban J connectivity index is 1.31. The number of benzene rings is 2. The minimum Gasteiger partial charge on any atom is -0.489 e. The Bertz CT molecular complexity index is 1210. The lowest BCUT2D eigenvalue weighted by Crippen LogP contribution is -2.15. The van der Waals surface area contributed by atoms with Crippen molar-refractivity contribution in [1.29, 1.82) is 0 Å². The van der Waals surface area contributed by atoms with E-state index in [9.17, 15) is 18.0 Å². The van der Waals surface area contributed by atoms with Gasteiger partial charge in [0.2, 0.25) is 5.91 Å². The van der Waals surface area contributed by atoms with Crippen LogP contribution in [0.2, 0.25) is 0 Å². The minimum absolute atomic E-state index is 0.0271. The number of carbonyl (C=O) groups excluding carboxylic acids is 1. The Morgan fingerprint density at radius 2 is 1.75 bits per heavy atom. The van der Waals surface area contributed by atoms with Crippen LogP contribution in [-0.4, -0.2) is 31.5 Å². The van der Waals surface area contributed by atoms with Crippen LogP contribution in [-0.2, 0) is 17.6 Å². The van der Waals surface area contributed by atoms with Crippen LogP contribution in [0.25, 0.3) is 5.65 Å². The molecule has 0 atom stereocenters. The maximum atomic E-state index is 13.0. The van der Waals surface area contributed by atoms with Crippen LogP contribution in [0.5, 0.6) is 5.75 Å². The van der Waals surface area contributed by atoms with Crippen molar-refractivity contribution in [2.24, 2.45) is 0 Å². The van der Waals surface area contributed by atoms with Gasteiger partial charge >= 0.3 is 6.18 Å². The predicted molar refractivity (Wildman–Crippen MR) is 112 cm³/mol. The number of fused-ring (bicyclic) bond motifs is 1. The molecule has 1 N–H and O–H groups in total. The normalized spacial score (nSPS) is 11.5. The summed E-state index contributed by atoms with van der Waals surface area (Å²) >= 11 is 1.00. The largest absolute Gasteiger partial charge is 0.489 e. The van der Waals surface area contributed by atoms with Crippen LogP contribution in [0.1, 0.15) is 11.4 Å². The molecule has 164 valence electrons. The number of thioether (sulfide) groups is 1. The average molecular weight is 459 g/mol. The monoisotopic (exact) mass is 459 g/mol. The first kappa shape index (κ1) is 21.6. The number of ether oxygens (including phenoxy) is 1. The molecule has 0 radical (unpaired) electrons. The third-order valence-corrected chi connectivity index (χ3v) is 5.15. The smallest absolute Gasteiger partial charge is 0.453 e. The molecule has 2 heterocycles. The predicted octanol–water partition coefficient (Wildman–Crippen LogP) is 4.45. The number of hydrogen-bond acceptors (Lipinski definition) is 6. The second kappa shape index (κ2) is 9.27. The topological polar surface area (TPSA) is 81.4 Å². The fourth-order valence-electron chi connectivity index (χ4n) is 2.74. The zero-order chi connectivity index (χ0) is 22.6. The molecule has 1 amide bonds. The molecule has 0 aliphatic rings. The van der Waals surface area contributed by atoms with Crippen LogP contribution in [0, 0.1) is 0 Å². The number of hydrogen-bond donors (Lipinski definition) is 1. The lowest BCUT2D eigenvalue weighted by molar-refractivity contribution is -0.146. The molecule has 7 nitrogen and oxygen atoms in total. The van der Waals surface area contributed by atoms with Crippen LogP contribution in [0.15, 0.2) is 71.8 Å². The molecule has 0 unspecified atom stereocenters. The summed E-state index contributed by atoms with van der Waals surface area (Å²) in [6.45, 7) is 0.434. The molecule has 0 aliphatic carbocycles. The van der Waals surface area contributed by atoms with E-state index in [2.05, 4.69) is 20.6 Å². The van der Waals surface area contributed by atoms with Gasteiger partial charge in [0.15, 0.2) is 5.65 Å². The maximum absolute atomic E-state index is 13.0. The summed E-state index contributed by atoms with van der Waals surface area (Å²) < 4.78 is 45.2. The second-order valence-corrected chi connectivity index (χ2v) is 7.59. The third-order valence-electron chi connectivity index (χ3n) is 4.23. The van der Waals surface area contributed by atoms with Crippen molar-refractivity contribution >= 4 is 29.0 Å². The van der Waals surface area contributed by atoms with Crippen molar-refractivity contribution in [3.8, 4) is 5.75 Å². The van der Waals surface area contributed by atoms with Crippen molar-refractivity contribution in [1.82, 2.24) is 19.8 Å².